The van der Waals surface area contributed by atoms with Gasteiger partial charge in [0.05, 0.1) is 0 Å². The lowest BCUT2D eigenvalue weighted by Gasteiger charge is -2.48. The zero-order chi connectivity index (χ0) is 14.3. The van der Waals surface area contributed by atoms with Crippen LogP contribution >= 0.6 is 9.47 Å². The Hall–Kier alpha value is -0.470. The van der Waals surface area contributed by atoms with Gasteiger partial charge in [-0.3, -0.25) is 9.80 Å². The van der Waals surface area contributed by atoms with Crippen molar-refractivity contribution in [2.45, 2.75) is 33.5 Å². The van der Waals surface area contributed by atoms with Crippen LogP contribution in [0.3, 0.4) is 0 Å². The van der Waals surface area contributed by atoms with Crippen molar-refractivity contribution in [1.29, 1.82) is 0 Å². The van der Waals surface area contributed by atoms with Crippen molar-refractivity contribution in [3.8, 4) is 0 Å². The topological polar surface area (TPSA) is 15.7 Å². The Morgan fingerprint density at radius 1 is 0.895 bits per heavy atom. The fourth-order valence-electron chi connectivity index (χ4n) is 2.74. The smallest absolute Gasteiger partial charge is 0.209 e. The zero-order valence-corrected chi connectivity index (χ0v) is 13.7. The molecule has 0 N–H and O–H groups in total. The summed E-state index contributed by atoms with van der Waals surface area (Å²) in [6.07, 6.45) is 0. The summed E-state index contributed by atoms with van der Waals surface area (Å²) in [5.74, 6) is -0.501. The highest BCUT2D eigenvalue weighted by molar-refractivity contribution is 7.09. The van der Waals surface area contributed by atoms with Crippen LogP contribution in [0.1, 0.15) is 33.3 Å². The molecule has 0 radical (unpaired) electrons. The van der Waals surface area contributed by atoms with Crippen molar-refractivity contribution in [3.63, 3.8) is 0 Å². The first-order chi connectivity index (χ1) is 9.20. The first-order valence-electron chi connectivity index (χ1n) is 7.14. The van der Waals surface area contributed by atoms with Crippen LogP contribution in [0.2, 0.25) is 0 Å². The molecule has 0 saturated carbocycles. The summed E-state index contributed by atoms with van der Waals surface area (Å²) in [5, 5.41) is 0. The molecule has 1 aromatic carbocycles. The van der Waals surface area contributed by atoms with Gasteiger partial charge in [-0.2, -0.15) is 0 Å². The van der Waals surface area contributed by atoms with Crippen molar-refractivity contribution in [3.05, 3.63) is 35.9 Å². The molecule has 0 amide bonds. The molecule has 0 saturated heterocycles. The van der Waals surface area contributed by atoms with E-state index in [4.69, 9.17) is 4.52 Å². The largest absolute Gasteiger partial charge is 0.326 e. The third kappa shape index (κ3) is 3.17. The number of hydrogen-bond acceptors (Lipinski definition) is 3. The highest BCUT2D eigenvalue weighted by atomic mass is 31.0. The second-order valence-electron chi connectivity index (χ2n) is 4.44. The summed E-state index contributed by atoms with van der Waals surface area (Å²) >= 11 is 0. The summed E-state index contributed by atoms with van der Waals surface area (Å²) in [6, 6.07) is 10.5. The minimum absolute atomic E-state index is 0.501. The average molecular weight is 282 g/mol. The van der Waals surface area contributed by atoms with Crippen LogP contribution in [-0.2, 0) is 10.4 Å². The highest BCUT2D eigenvalue weighted by Gasteiger charge is 2.42. The summed E-state index contributed by atoms with van der Waals surface area (Å²) in [4.78, 5) is 4.70. The molecule has 0 aromatic heterocycles. The highest BCUT2D eigenvalue weighted by Crippen LogP contribution is 2.35. The van der Waals surface area contributed by atoms with Gasteiger partial charge in [0, 0.05) is 15.0 Å². The quantitative estimate of drug-likeness (QED) is 0.537. The molecule has 4 heteroatoms. The normalized spacial score (nSPS) is 12.4. The van der Waals surface area contributed by atoms with Gasteiger partial charge in [0.2, 0.25) is 5.85 Å². The predicted molar refractivity (Wildman–Crippen MR) is 84.8 cm³/mol. The van der Waals surface area contributed by atoms with Gasteiger partial charge >= 0.3 is 0 Å². The zero-order valence-electron chi connectivity index (χ0n) is 12.6. The first-order valence-corrected chi connectivity index (χ1v) is 7.61. The Morgan fingerprint density at radius 2 is 1.32 bits per heavy atom. The van der Waals surface area contributed by atoms with Gasteiger partial charge in [0.15, 0.2) is 0 Å². The first kappa shape index (κ1) is 16.6. The molecular weight excluding hydrogens is 255 g/mol. The van der Waals surface area contributed by atoms with Gasteiger partial charge in [0.25, 0.3) is 0 Å². The lowest BCUT2D eigenvalue weighted by atomic mass is 10.1. The third-order valence-electron chi connectivity index (χ3n) is 3.70. The Kier molecular flexibility index (Phi) is 6.95. The van der Waals surface area contributed by atoms with Crippen molar-refractivity contribution in [2.75, 3.05) is 26.2 Å². The number of rotatable bonds is 8. The van der Waals surface area contributed by atoms with Crippen LogP contribution in [0.4, 0.5) is 0 Å². The number of nitrogens with zero attached hydrogens (tertiary/aromatic N) is 2. The maximum Gasteiger partial charge on any atom is 0.209 e. The van der Waals surface area contributed by atoms with Crippen LogP contribution in [0.25, 0.3) is 0 Å². The predicted octanol–water partition coefficient (Wildman–Crippen LogP) is 3.29. The lowest BCUT2D eigenvalue weighted by Crippen LogP contribution is -2.58. The van der Waals surface area contributed by atoms with E-state index >= 15 is 0 Å². The summed E-state index contributed by atoms with van der Waals surface area (Å²) in [5.41, 5.74) is 1.18. The van der Waals surface area contributed by atoms with Gasteiger partial charge in [0.1, 0.15) is 0 Å². The number of hydrogen-bond donors (Lipinski definition) is 0. The molecule has 3 nitrogen and oxygen atoms in total. The van der Waals surface area contributed by atoms with Gasteiger partial charge in [-0.15, -0.1) is 0 Å². The van der Waals surface area contributed by atoms with Crippen LogP contribution in [0.15, 0.2) is 30.3 Å². The standard InChI is InChI=1S/C15H27N2OP/c1-5-16(6-2)15(18-19,17(7-3)8-4)14-12-10-9-11-13-14/h9-13H,5-8,19H2,1-4H3. The molecule has 19 heavy (non-hydrogen) atoms. The van der Waals surface area contributed by atoms with E-state index in [0.29, 0.717) is 0 Å². The molecule has 1 atom stereocenters. The van der Waals surface area contributed by atoms with E-state index in [1.54, 1.807) is 0 Å². The van der Waals surface area contributed by atoms with E-state index in [9.17, 15) is 0 Å². The molecule has 0 bridgehead atoms. The van der Waals surface area contributed by atoms with Crippen molar-refractivity contribution in [2.24, 2.45) is 0 Å². The van der Waals surface area contributed by atoms with E-state index < -0.39 is 5.85 Å². The summed E-state index contributed by atoms with van der Waals surface area (Å²) < 4.78 is 5.98. The minimum atomic E-state index is -0.501. The van der Waals surface area contributed by atoms with Crippen LogP contribution < -0.4 is 0 Å². The molecule has 0 aliphatic rings. The molecule has 1 unspecified atom stereocenters. The van der Waals surface area contributed by atoms with E-state index in [1.807, 2.05) is 6.07 Å². The Labute approximate surface area is 120 Å². The van der Waals surface area contributed by atoms with E-state index in [2.05, 4.69) is 71.2 Å². The summed E-state index contributed by atoms with van der Waals surface area (Å²) in [7, 11) is 2.47. The fourth-order valence-corrected chi connectivity index (χ4v) is 3.18. The molecule has 0 heterocycles. The van der Waals surface area contributed by atoms with Crippen LogP contribution in [-0.4, -0.2) is 36.0 Å². The Morgan fingerprint density at radius 3 is 1.63 bits per heavy atom. The van der Waals surface area contributed by atoms with Crippen molar-refractivity contribution < 1.29 is 4.52 Å². The third-order valence-corrected chi connectivity index (χ3v) is 4.03. The lowest BCUT2D eigenvalue weighted by molar-refractivity contribution is -0.193. The SMILES string of the molecule is CCN(CC)C(OP)(c1ccccc1)N(CC)CC. The second-order valence-corrected chi connectivity index (χ2v) is 4.67. The molecule has 1 aromatic rings. The van der Waals surface area contributed by atoms with E-state index in [-0.39, 0.29) is 0 Å². The molecule has 1 rings (SSSR count). The Balaban J connectivity index is 3.36. The molecular formula is C15H27N2OP. The van der Waals surface area contributed by atoms with Gasteiger partial charge < -0.3 is 4.52 Å². The number of benzene rings is 1. The Bertz CT molecular complexity index is 338. The second kappa shape index (κ2) is 7.96. The molecule has 0 spiro atoms. The molecule has 0 fully saturated rings. The van der Waals surface area contributed by atoms with Gasteiger partial charge in [-0.05, 0) is 26.2 Å². The van der Waals surface area contributed by atoms with Gasteiger partial charge in [-0.25, -0.2) is 0 Å². The monoisotopic (exact) mass is 282 g/mol. The molecule has 0 aliphatic carbocycles. The molecule has 108 valence electrons. The maximum atomic E-state index is 5.98. The van der Waals surface area contributed by atoms with Crippen LogP contribution in [0.5, 0.6) is 0 Å². The fraction of sp³-hybridized carbons (Fsp3) is 0.600. The average Bonchev–Trinajstić information content (AvgIpc) is 2.48. The minimum Gasteiger partial charge on any atom is -0.326 e. The van der Waals surface area contributed by atoms with Crippen molar-refractivity contribution >= 4 is 9.47 Å². The molecule has 0 aliphatic heterocycles. The van der Waals surface area contributed by atoms with Crippen molar-refractivity contribution in [1.82, 2.24) is 9.80 Å². The maximum absolute atomic E-state index is 5.98. The van der Waals surface area contributed by atoms with E-state index in [1.165, 1.54) is 5.56 Å². The van der Waals surface area contributed by atoms with E-state index in [0.717, 1.165) is 26.2 Å². The summed E-state index contributed by atoms with van der Waals surface area (Å²) in [6.45, 7) is 12.5. The van der Waals surface area contributed by atoms with Crippen LogP contribution in [0, 0.1) is 0 Å². The van der Waals surface area contributed by atoms with Gasteiger partial charge in [-0.1, -0.05) is 58.0 Å².